The molecule has 0 aliphatic heterocycles. The van der Waals surface area contributed by atoms with Gasteiger partial charge in [-0.1, -0.05) is 42.5 Å². The number of aromatic carboxylic acids is 1. The van der Waals surface area contributed by atoms with E-state index in [1.807, 2.05) is 0 Å². The lowest BCUT2D eigenvalue weighted by Gasteiger charge is -2.12. The smallest absolute Gasteiger partial charge is 0.272 e. The standard InChI is InChI=1S/C24H20N2O5/c1-31-20-12-10-16(11-13-20)14-21(26-22(27)17-6-3-2-4-7-17)23(28)25-19-9-5-8-18(15-19)24(29)30/h2-15H,1H3,(H,25,28)(H,26,27)(H,29,30)/p-1/b21-14-. The van der Waals surface area contributed by atoms with Gasteiger partial charge in [-0.05, 0) is 53.6 Å². The lowest BCUT2D eigenvalue weighted by molar-refractivity contribution is -0.255. The molecule has 0 unspecified atom stereocenters. The number of carboxylic acids is 1. The van der Waals surface area contributed by atoms with Gasteiger partial charge in [-0.3, -0.25) is 9.59 Å². The highest BCUT2D eigenvalue weighted by Crippen LogP contribution is 2.16. The number of nitrogens with one attached hydrogen (secondary N) is 2. The van der Waals surface area contributed by atoms with Crippen molar-refractivity contribution in [2.45, 2.75) is 0 Å². The van der Waals surface area contributed by atoms with Crippen molar-refractivity contribution in [1.29, 1.82) is 0 Å². The zero-order valence-corrected chi connectivity index (χ0v) is 16.6. The quantitative estimate of drug-likeness (QED) is 0.577. The zero-order chi connectivity index (χ0) is 22.2. The van der Waals surface area contributed by atoms with Crippen LogP contribution in [0, 0.1) is 0 Å². The van der Waals surface area contributed by atoms with Crippen molar-refractivity contribution in [3.05, 3.63) is 101 Å². The Morgan fingerprint density at radius 3 is 2.19 bits per heavy atom. The third kappa shape index (κ3) is 5.80. The second kappa shape index (κ2) is 9.89. The first-order valence-corrected chi connectivity index (χ1v) is 9.31. The first kappa shape index (κ1) is 21.3. The lowest BCUT2D eigenvalue weighted by atomic mass is 10.1. The summed E-state index contributed by atoms with van der Waals surface area (Å²) in [6.45, 7) is 0. The summed E-state index contributed by atoms with van der Waals surface area (Å²) >= 11 is 0. The minimum Gasteiger partial charge on any atom is -0.545 e. The van der Waals surface area contributed by atoms with E-state index in [4.69, 9.17) is 4.74 Å². The number of carboxylic acid groups (broad SMARTS) is 1. The maximum Gasteiger partial charge on any atom is 0.272 e. The van der Waals surface area contributed by atoms with Crippen molar-refractivity contribution in [3.8, 4) is 5.75 Å². The SMILES string of the molecule is COc1ccc(/C=C(\NC(=O)c2ccccc2)C(=O)Nc2cccc(C(=O)[O-])c2)cc1. The number of methoxy groups -OCH3 is 1. The van der Waals surface area contributed by atoms with Crippen LogP contribution in [0.1, 0.15) is 26.3 Å². The average Bonchev–Trinajstić information content (AvgIpc) is 2.79. The van der Waals surface area contributed by atoms with Crippen LogP contribution in [0.5, 0.6) is 5.75 Å². The molecule has 0 aliphatic carbocycles. The maximum absolute atomic E-state index is 12.9. The van der Waals surface area contributed by atoms with Gasteiger partial charge in [0.25, 0.3) is 11.8 Å². The molecule has 156 valence electrons. The Balaban J connectivity index is 1.89. The van der Waals surface area contributed by atoms with E-state index in [9.17, 15) is 19.5 Å². The summed E-state index contributed by atoms with van der Waals surface area (Å²) in [5, 5.41) is 16.3. The Hall–Kier alpha value is -4.39. The van der Waals surface area contributed by atoms with Crippen LogP contribution in [0.15, 0.2) is 84.6 Å². The maximum atomic E-state index is 12.9. The van der Waals surface area contributed by atoms with Crippen molar-refractivity contribution in [1.82, 2.24) is 5.32 Å². The summed E-state index contributed by atoms with van der Waals surface area (Å²) in [4.78, 5) is 36.6. The number of carbonyl (C=O) groups is 3. The molecular weight excluding hydrogens is 396 g/mol. The molecule has 0 saturated heterocycles. The van der Waals surface area contributed by atoms with Crippen molar-refractivity contribution < 1.29 is 24.2 Å². The molecule has 3 rings (SSSR count). The summed E-state index contributed by atoms with van der Waals surface area (Å²) in [5.41, 5.74) is 1.20. The number of hydrogen-bond donors (Lipinski definition) is 2. The van der Waals surface area contributed by atoms with Gasteiger partial charge in [0.15, 0.2) is 0 Å². The van der Waals surface area contributed by atoms with Crippen molar-refractivity contribution in [2.75, 3.05) is 12.4 Å². The predicted molar refractivity (Wildman–Crippen MR) is 114 cm³/mol. The van der Waals surface area contributed by atoms with Gasteiger partial charge in [-0.25, -0.2) is 0 Å². The van der Waals surface area contributed by atoms with E-state index in [-0.39, 0.29) is 16.9 Å². The molecule has 0 atom stereocenters. The van der Waals surface area contributed by atoms with E-state index in [0.717, 1.165) is 0 Å². The number of hydrogen-bond acceptors (Lipinski definition) is 5. The number of carbonyl (C=O) groups excluding carboxylic acids is 3. The van der Waals surface area contributed by atoms with E-state index >= 15 is 0 Å². The van der Waals surface area contributed by atoms with Crippen LogP contribution < -0.4 is 20.5 Å². The Morgan fingerprint density at radius 1 is 0.871 bits per heavy atom. The van der Waals surface area contributed by atoms with Gasteiger partial charge in [0, 0.05) is 11.3 Å². The second-order valence-electron chi connectivity index (χ2n) is 6.47. The molecule has 3 aromatic rings. The number of anilines is 1. The topological polar surface area (TPSA) is 108 Å². The van der Waals surface area contributed by atoms with Gasteiger partial charge >= 0.3 is 0 Å². The molecule has 0 heterocycles. The van der Waals surface area contributed by atoms with Crippen molar-refractivity contribution in [3.63, 3.8) is 0 Å². The minimum atomic E-state index is -1.36. The summed E-state index contributed by atoms with van der Waals surface area (Å²) < 4.78 is 5.13. The van der Waals surface area contributed by atoms with E-state index in [1.54, 1.807) is 61.7 Å². The normalized spacial score (nSPS) is 10.8. The van der Waals surface area contributed by atoms with Crippen molar-refractivity contribution >= 4 is 29.5 Å². The Labute approximate surface area is 179 Å². The molecule has 3 aromatic carbocycles. The van der Waals surface area contributed by atoms with E-state index in [1.165, 1.54) is 30.3 Å². The lowest BCUT2D eigenvalue weighted by Crippen LogP contribution is -2.30. The molecule has 0 aromatic heterocycles. The molecule has 2 N–H and O–H groups in total. The van der Waals surface area contributed by atoms with Crippen LogP contribution in [0.3, 0.4) is 0 Å². The molecule has 31 heavy (non-hydrogen) atoms. The highest BCUT2D eigenvalue weighted by Gasteiger charge is 2.15. The first-order valence-electron chi connectivity index (χ1n) is 9.31. The number of amides is 2. The molecule has 0 aliphatic rings. The predicted octanol–water partition coefficient (Wildman–Crippen LogP) is 2.47. The Bertz CT molecular complexity index is 1120. The van der Waals surface area contributed by atoms with Gasteiger partial charge in [0.05, 0.1) is 13.1 Å². The highest BCUT2D eigenvalue weighted by molar-refractivity contribution is 6.10. The third-order valence-corrected chi connectivity index (χ3v) is 4.31. The molecule has 7 nitrogen and oxygen atoms in total. The van der Waals surface area contributed by atoms with E-state index in [0.29, 0.717) is 16.9 Å². The van der Waals surface area contributed by atoms with Crippen molar-refractivity contribution in [2.24, 2.45) is 0 Å². The molecule has 0 spiro atoms. The van der Waals surface area contributed by atoms with E-state index in [2.05, 4.69) is 10.6 Å². The third-order valence-electron chi connectivity index (χ3n) is 4.31. The number of benzene rings is 3. The van der Waals surface area contributed by atoms with Crippen LogP contribution >= 0.6 is 0 Å². The molecule has 2 amide bonds. The highest BCUT2D eigenvalue weighted by atomic mass is 16.5. The molecule has 0 radical (unpaired) electrons. The Morgan fingerprint density at radius 2 is 1.55 bits per heavy atom. The monoisotopic (exact) mass is 415 g/mol. The van der Waals surface area contributed by atoms with Gasteiger partial charge in [0.2, 0.25) is 0 Å². The first-order chi connectivity index (χ1) is 15.0. The van der Waals surface area contributed by atoms with E-state index < -0.39 is 17.8 Å². The molecular formula is C24H19N2O5-. The summed E-state index contributed by atoms with van der Waals surface area (Å²) in [7, 11) is 1.55. The average molecular weight is 415 g/mol. The van der Waals surface area contributed by atoms with Gasteiger partial charge in [0.1, 0.15) is 11.4 Å². The van der Waals surface area contributed by atoms with Crippen LogP contribution in [-0.4, -0.2) is 24.9 Å². The largest absolute Gasteiger partial charge is 0.545 e. The molecule has 0 saturated carbocycles. The Kier molecular flexibility index (Phi) is 6.80. The summed E-state index contributed by atoms with van der Waals surface area (Å²) in [6.07, 6.45) is 1.51. The van der Waals surface area contributed by atoms with Crippen LogP contribution in [0.25, 0.3) is 6.08 Å². The number of rotatable bonds is 7. The fraction of sp³-hybridized carbons (Fsp3) is 0.0417. The second-order valence-corrected chi connectivity index (χ2v) is 6.47. The van der Waals surface area contributed by atoms with Crippen LogP contribution in [0.2, 0.25) is 0 Å². The minimum absolute atomic E-state index is 0.0159. The van der Waals surface area contributed by atoms with Gasteiger partial charge in [-0.2, -0.15) is 0 Å². The fourth-order valence-electron chi connectivity index (χ4n) is 2.73. The van der Waals surface area contributed by atoms with Gasteiger partial charge < -0.3 is 25.3 Å². The van der Waals surface area contributed by atoms with Crippen LogP contribution in [-0.2, 0) is 4.79 Å². The molecule has 0 fully saturated rings. The zero-order valence-electron chi connectivity index (χ0n) is 16.6. The number of ether oxygens (including phenoxy) is 1. The summed E-state index contributed by atoms with van der Waals surface area (Å²) in [5.74, 6) is -1.78. The van der Waals surface area contributed by atoms with Gasteiger partial charge in [-0.15, -0.1) is 0 Å². The molecule has 0 bridgehead atoms. The summed E-state index contributed by atoms with van der Waals surface area (Å²) in [6, 6.07) is 21.0. The van der Waals surface area contributed by atoms with Crippen LogP contribution in [0.4, 0.5) is 5.69 Å². The fourth-order valence-corrected chi connectivity index (χ4v) is 2.73. The molecule has 7 heteroatoms.